The summed E-state index contributed by atoms with van der Waals surface area (Å²) in [5, 5.41) is 2.90. The van der Waals surface area contributed by atoms with E-state index in [0.29, 0.717) is 30.3 Å². The van der Waals surface area contributed by atoms with Crippen molar-refractivity contribution in [1.82, 2.24) is 14.4 Å². The number of amides is 3. The van der Waals surface area contributed by atoms with Gasteiger partial charge in [0, 0.05) is 37.6 Å². The van der Waals surface area contributed by atoms with Crippen LogP contribution in [0.2, 0.25) is 0 Å². The Labute approximate surface area is 212 Å². The molecule has 0 aliphatic carbocycles. The van der Waals surface area contributed by atoms with Gasteiger partial charge in [0.25, 0.3) is 0 Å². The molecule has 0 saturated carbocycles. The number of ether oxygens (including phenoxy) is 2. The van der Waals surface area contributed by atoms with E-state index in [1.54, 1.807) is 30.2 Å². The fourth-order valence-electron chi connectivity index (χ4n) is 4.62. The number of carbonyl (C=O) groups is 2. The molecule has 0 saturated heterocycles. The van der Waals surface area contributed by atoms with E-state index in [0.717, 1.165) is 24.2 Å². The highest BCUT2D eigenvalue weighted by molar-refractivity contribution is 5.94. The number of aromatic nitrogens is 1. The van der Waals surface area contributed by atoms with Crippen molar-refractivity contribution < 1.29 is 19.1 Å². The number of carbonyl (C=O) groups excluding carboxylic acids is 2. The van der Waals surface area contributed by atoms with Crippen molar-refractivity contribution >= 4 is 17.6 Å². The summed E-state index contributed by atoms with van der Waals surface area (Å²) in [5.41, 5.74) is 3.82. The second-order valence-corrected chi connectivity index (χ2v) is 8.94. The van der Waals surface area contributed by atoms with E-state index in [1.165, 1.54) is 12.7 Å². The molecular weight excluding hydrogens is 456 g/mol. The zero-order valence-corrected chi connectivity index (χ0v) is 21.4. The maximum Gasteiger partial charge on any atom is 0.322 e. The van der Waals surface area contributed by atoms with Crippen molar-refractivity contribution in [1.29, 1.82) is 0 Å². The molecule has 1 aliphatic rings. The molecule has 0 spiro atoms. The van der Waals surface area contributed by atoms with Crippen LogP contribution in [-0.4, -0.2) is 60.2 Å². The molecule has 1 atom stereocenters. The summed E-state index contributed by atoms with van der Waals surface area (Å²) < 4.78 is 12.8. The molecule has 190 valence electrons. The second kappa shape index (κ2) is 11.2. The van der Waals surface area contributed by atoms with Crippen LogP contribution >= 0.6 is 0 Å². The van der Waals surface area contributed by atoms with E-state index < -0.39 is 0 Å². The fourth-order valence-corrected chi connectivity index (χ4v) is 4.62. The number of urea groups is 1. The molecule has 4 rings (SSSR count). The number of benzene rings is 2. The van der Waals surface area contributed by atoms with Gasteiger partial charge in [-0.05, 0) is 43.2 Å². The maximum absolute atomic E-state index is 13.7. The zero-order valence-electron chi connectivity index (χ0n) is 21.4. The first-order valence-electron chi connectivity index (χ1n) is 12.2. The number of hydrogen-bond acceptors (Lipinski definition) is 4. The highest BCUT2D eigenvalue weighted by atomic mass is 16.5. The number of hydrogen-bond donors (Lipinski definition) is 1. The maximum atomic E-state index is 13.7. The number of rotatable bonds is 8. The lowest BCUT2D eigenvalue weighted by molar-refractivity contribution is -0.134. The van der Waals surface area contributed by atoms with Crippen LogP contribution in [0.3, 0.4) is 0 Å². The smallest absolute Gasteiger partial charge is 0.322 e. The zero-order chi connectivity index (χ0) is 25.7. The molecule has 1 aliphatic heterocycles. The second-order valence-electron chi connectivity index (χ2n) is 8.94. The SMILES string of the molecule is CCCN(CC(=O)N1CCn2cccc2[C@H]1c1ccc(C)cc1)C(=O)Nc1ccc(OC)cc1OC. The third kappa shape index (κ3) is 5.32. The van der Waals surface area contributed by atoms with E-state index in [1.807, 2.05) is 17.9 Å². The first-order chi connectivity index (χ1) is 17.4. The van der Waals surface area contributed by atoms with Crippen LogP contribution in [0, 0.1) is 6.92 Å². The van der Waals surface area contributed by atoms with E-state index in [4.69, 9.17) is 9.47 Å². The number of methoxy groups -OCH3 is 2. The molecule has 3 amide bonds. The summed E-state index contributed by atoms with van der Waals surface area (Å²) in [6, 6.07) is 17.0. The molecule has 3 aromatic rings. The minimum absolute atomic E-state index is 0.0127. The highest BCUT2D eigenvalue weighted by Gasteiger charge is 2.33. The molecule has 8 heteroatoms. The number of nitrogens with zero attached hydrogens (tertiary/aromatic N) is 3. The van der Waals surface area contributed by atoms with Gasteiger partial charge in [-0.15, -0.1) is 0 Å². The van der Waals surface area contributed by atoms with Crippen LogP contribution < -0.4 is 14.8 Å². The van der Waals surface area contributed by atoms with Crippen LogP contribution in [-0.2, 0) is 11.3 Å². The summed E-state index contributed by atoms with van der Waals surface area (Å²) in [6.07, 6.45) is 2.78. The van der Waals surface area contributed by atoms with Crippen LogP contribution in [0.25, 0.3) is 0 Å². The number of anilines is 1. The Bertz CT molecular complexity index is 1200. The van der Waals surface area contributed by atoms with Crippen molar-refractivity contribution in [2.24, 2.45) is 0 Å². The molecule has 0 radical (unpaired) electrons. The van der Waals surface area contributed by atoms with Crippen LogP contribution in [0.4, 0.5) is 10.5 Å². The highest BCUT2D eigenvalue weighted by Crippen LogP contribution is 2.33. The van der Waals surface area contributed by atoms with Gasteiger partial charge in [-0.1, -0.05) is 36.8 Å². The molecular formula is C28H34N4O4. The summed E-state index contributed by atoms with van der Waals surface area (Å²) in [4.78, 5) is 30.4. The minimum Gasteiger partial charge on any atom is -0.497 e. The lowest BCUT2D eigenvalue weighted by Crippen LogP contribution is -2.48. The van der Waals surface area contributed by atoms with Crippen LogP contribution in [0.15, 0.2) is 60.8 Å². The Morgan fingerprint density at radius 3 is 2.53 bits per heavy atom. The molecule has 2 aromatic carbocycles. The lowest BCUT2D eigenvalue weighted by atomic mass is 9.98. The van der Waals surface area contributed by atoms with Gasteiger partial charge >= 0.3 is 6.03 Å². The van der Waals surface area contributed by atoms with Crippen molar-refractivity contribution in [3.8, 4) is 11.5 Å². The Hall–Kier alpha value is -3.94. The van der Waals surface area contributed by atoms with E-state index in [-0.39, 0.29) is 24.5 Å². The Morgan fingerprint density at radius 2 is 1.83 bits per heavy atom. The Balaban J connectivity index is 1.55. The van der Waals surface area contributed by atoms with E-state index in [2.05, 4.69) is 53.3 Å². The monoisotopic (exact) mass is 490 g/mol. The Kier molecular flexibility index (Phi) is 7.83. The number of nitrogens with one attached hydrogen (secondary N) is 1. The van der Waals surface area contributed by atoms with Gasteiger partial charge < -0.3 is 29.2 Å². The van der Waals surface area contributed by atoms with E-state index >= 15 is 0 Å². The normalized spacial score (nSPS) is 14.7. The average Bonchev–Trinajstić information content (AvgIpc) is 3.37. The largest absolute Gasteiger partial charge is 0.497 e. The summed E-state index contributed by atoms with van der Waals surface area (Å²) in [7, 11) is 3.11. The van der Waals surface area contributed by atoms with Gasteiger partial charge in [0.1, 0.15) is 18.0 Å². The quantitative estimate of drug-likeness (QED) is 0.497. The molecule has 0 bridgehead atoms. The third-order valence-corrected chi connectivity index (χ3v) is 6.51. The van der Waals surface area contributed by atoms with Gasteiger partial charge in [-0.2, -0.15) is 0 Å². The van der Waals surface area contributed by atoms with Crippen LogP contribution in [0.5, 0.6) is 11.5 Å². The van der Waals surface area contributed by atoms with Gasteiger partial charge in [0.05, 0.1) is 25.9 Å². The summed E-state index contributed by atoms with van der Waals surface area (Å²) in [6.45, 7) is 5.78. The van der Waals surface area contributed by atoms with Gasteiger partial charge in [0.15, 0.2) is 0 Å². The molecule has 1 aromatic heterocycles. The van der Waals surface area contributed by atoms with Gasteiger partial charge in [0.2, 0.25) is 5.91 Å². The van der Waals surface area contributed by atoms with Crippen molar-refractivity contribution in [3.63, 3.8) is 0 Å². The molecule has 36 heavy (non-hydrogen) atoms. The first-order valence-corrected chi connectivity index (χ1v) is 12.2. The number of fused-ring (bicyclic) bond motifs is 1. The van der Waals surface area contributed by atoms with Gasteiger partial charge in [-0.3, -0.25) is 4.79 Å². The topological polar surface area (TPSA) is 76.0 Å². The molecule has 2 heterocycles. The first kappa shape index (κ1) is 25.2. The van der Waals surface area contributed by atoms with Crippen molar-refractivity contribution in [3.05, 3.63) is 77.6 Å². The summed E-state index contributed by atoms with van der Waals surface area (Å²) in [5.74, 6) is 1.03. The molecule has 8 nitrogen and oxygen atoms in total. The lowest BCUT2D eigenvalue weighted by Gasteiger charge is -2.38. The van der Waals surface area contributed by atoms with E-state index in [9.17, 15) is 9.59 Å². The van der Waals surface area contributed by atoms with Crippen LogP contribution in [0.1, 0.15) is 36.2 Å². The van der Waals surface area contributed by atoms with Gasteiger partial charge in [-0.25, -0.2) is 4.79 Å². The Morgan fingerprint density at radius 1 is 1.06 bits per heavy atom. The fraction of sp³-hybridized carbons (Fsp3) is 0.357. The standard InChI is InChI=1S/C28H34N4O4/c1-5-14-31(28(34)29-23-13-12-22(35-3)18-25(23)36-4)19-26(33)32-17-16-30-15-6-7-24(30)27(32)21-10-8-20(2)9-11-21/h6-13,15,18,27H,5,14,16-17,19H2,1-4H3,(H,29,34)/t27-/m1/s1. The molecule has 0 unspecified atom stereocenters. The number of aryl methyl sites for hydroxylation is 1. The predicted molar refractivity (Wildman–Crippen MR) is 140 cm³/mol. The third-order valence-electron chi connectivity index (χ3n) is 6.51. The minimum atomic E-state index is -0.346. The predicted octanol–water partition coefficient (Wildman–Crippen LogP) is 4.69. The average molecular weight is 491 g/mol. The van der Waals surface area contributed by atoms with Crippen molar-refractivity contribution in [2.75, 3.05) is 39.2 Å². The van der Waals surface area contributed by atoms with Crippen molar-refractivity contribution in [2.45, 2.75) is 32.9 Å². The molecule has 0 fully saturated rings. The molecule has 1 N–H and O–H groups in total. The summed E-state index contributed by atoms with van der Waals surface area (Å²) >= 11 is 0.